The molecule has 0 spiro atoms. The summed E-state index contributed by atoms with van der Waals surface area (Å²) >= 11 is 18.5. The molecular formula is C28H26Cl3N3. The number of hydrogen-bond acceptors (Lipinski definition) is 3. The summed E-state index contributed by atoms with van der Waals surface area (Å²) in [7, 11) is 0. The Bertz CT molecular complexity index is 1210. The Hall–Kier alpha value is -2.53. The second-order valence-corrected chi connectivity index (χ2v) is 10.2. The number of benzene rings is 3. The normalized spacial score (nSPS) is 13.0. The van der Waals surface area contributed by atoms with Crippen LogP contribution in [0.25, 0.3) is 0 Å². The lowest BCUT2D eigenvalue weighted by Gasteiger charge is -2.34. The monoisotopic (exact) mass is 509 g/mol. The molecule has 0 fully saturated rings. The minimum atomic E-state index is -0.704. The lowest BCUT2D eigenvalue weighted by atomic mass is 9.80. The van der Waals surface area contributed by atoms with Crippen LogP contribution in [0.5, 0.6) is 0 Å². The van der Waals surface area contributed by atoms with E-state index in [0.717, 1.165) is 24.0 Å². The van der Waals surface area contributed by atoms with Gasteiger partial charge in [0.05, 0.1) is 39.2 Å². The van der Waals surface area contributed by atoms with Crippen molar-refractivity contribution in [3.8, 4) is 12.1 Å². The highest BCUT2D eigenvalue weighted by Gasteiger charge is 2.33. The Morgan fingerprint density at radius 3 is 2.26 bits per heavy atom. The molecule has 3 rings (SSSR count). The van der Waals surface area contributed by atoms with Crippen LogP contribution in [0, 0.1) is 28.1 Å². The Balaban J connectivity index is 1.92. The number of nitrogens with zero attached hydrogens (tertiary/aromatic N) is 2. The molecule has 1 unspecified atom stereocenters. The lowest BCUT2D eigenvalue weighted by Crippen LogP contribution is -2.41. The molecule has 3 aromatic rings. The molecule has 0 saturated heterocycles. The van der Waals surface area contributed by atoms with Crippen LogP contribution in [0.3, 0.4) is 0 Å². The first-order chi connectivity index (χ1) is 16.2. The van der Waals surface area contributed by atoms with E-state index in [-0.39, 0.29) is 12.1 Å². The van der Waals surface area contributed by atoms with Crippen LogP contribution in [-0.2, 0) is 12.8 Å². The molecule has 0 aliphatic rings. The fraction of sp³-hybridized carbons (Fsp3) is 0.286. The zero-order valence-electron chi connectivity index (χ0n) is 19.2. The third kappa shape index (κ3) is 6.99. The molecule has 0 saturated carbocycles. The SMILES string of the molecule is CC(C)(C#N)C(N[C@@H](CCc1ccc(Cl)cc1)Cc1cccc(C#N)c1)c1ccc(Cl)c(Cl)c1. The summed E-state index contributed by atoms with van der Waals surface area (Å²) in [5.41, 5.74) is 3.09. The van der Waals surface area contributed by atoms with Crippen molar-refractivity contribution in [1.29, 1.82) is 10.5 Å². The summed E-state index contributed by atoms with van der Waals surface area (Å²) in [4.78, 5) is 0. The number of hydrogen-bond donors (Lipinski definition) is 1. The van der Waals surface area contributed by atoms with Crippen molar-refractivity contribution < 1.29 is 0 Å². The third-order valence-electron chi connectivity index (χ3n) is 5.92. The zero-order chi connectivity index (χ0) is 24.7. The van der Waals surface area contributed by atoms with Crippen molar-refractivity contribution in [2.24, 2.45) is 5.41 Å². The van der Waals surface area contributed by atoms with Gasteiger partial charge in [0.25, 0.3) is 0 Å². The van der Waals surface area contributed by atoms with Gasteiger partial charge in [-0.3, -0.25) is 0 Å². The molecule has 0 heterocycles. The van der Waals surface area contributed by atoms with Crippen LogP contribution < -0.4 is 5.32 Å². The minimum Gasteiger partial charge on any atom is -0.305 e. The van der Waals surface area contributed by atoms with E-state index >= 15 is 0 Å². The van der Waals surface area contributed by atoms with Crippen molar-refractivity contribution >= 4 is 34.8 Å². The van der Waals surface area contributed by atoms with Crippen LogP contribution >= 0.6 is 34.8 Å². The smallest absolute Gasteiger partial charge is 0.0991 e. The fourth-order valence-electron chi connectivity index (χ4n) is 4.00. The molecule has 6 heteroatoms. The summed E-state index contributed by atoms with van der Waals surface area (Å²) in [5.74, 6) is 0. The quantitative estimate of drug-likeness (QED) is 0.318. The van der Waals surface area contributed by atoms with Crippen molar-refractivity contribution in [2.75, 3.05) is 0 Å². The fourth-order valence-corrected chi connectivity index (χ4v) is 4.43. The molecule has 0 aliphatic heterocycles. The largest absolute Gasteiger partial charge is 0.305 e. The van der Waals surface area contributed by atoms with Gasteiger partial charge < -0.3 is 5.32 Å². The van der Waals surface area contributed by atoms with Crippen molar-refractivity contribution in [1.82, 2.24) is 5.32 Å². The molecule has 0 aromatic heterocycles. The molecule has 0 aliphatic carbocycles. The maximum absolute atomic E-state index is 9.96. The van der Waals surface area contributed by atoms with Gasteiger partial charge in [0.15, 0.2) is 0 Å². The summed E-state index contributed by atoms with van der Waals surface area (Å²) in [6, 6.07) is 25.4. The third-order valence-corrected chi connectivity index (χ3v) is 6.91. The van der Waals surface area contributed by atoms with Crippen molar-refractivity contribution in [2.45, 2.75) is 45.2 Å². The molecule has 0 amide bonds. The lowest BCUT2D eigenvalue weighted by molar-refractivity contribution is 0.284. The second-order valence-electron chi connectivity index (χ2n) is 8.99. The van der Waals surface area contributed by atoms with Gasteiger partial charge in [-0.2, -0.15) is 10.5 Å². The highest BCUT2D eigenvalue weighted by Crippen LogP contribution is 2.36. The van der Waals surface area contributed by atoms with E-state index in [1.54, 1.807) is 12.1 Å². The molecule has 174 valence electrons. The molecule has 1 N–H and O–H groups in total. The van der Waals surface area contributed by atoms with Crippen LogP contribution in [-0.4, -0.2) is 6.04 Å². The first-order valence-corrected chi connectivity index (χ1v) is 12.2. The van der Waals surface area contributed by atoms with E-state index in [0.29, 0.717) is 27.1 Å². The van der Waals surface area contributed by atoms with E-state index in [1.807, 2.05) is 68.4 Å². The van der Waals surface area contributed by atoms with E-state index in [2.05, 4.69) is 17.5 Å². The Morgan fingerprint density at radius 1 is 0.882 bits per heavy atom. The molecule has 3 nitrogen and oxygen atoms in total. The van der Waals surface area contributed by atoms with Crippen molar-refractivity contribution in [3.05, 3.63) is 104 Å². The predicted molar refractivity (Wildman–Crippen MR) is 140 cm³/mol. The van der Waals surface area contributed by atoms with E-state index in [1.165, 1.54) is 5.56 Å². The minimum absolute atomic E-state index is 0.0386. The number of nitrogens with one attached hydrogen (secondary N) is 1. The van der Waals surface area contributed by atoms with E-state index < -0.39 is 5.41 Å². The Morgan fingerprint density at radius 2 is 1.62 bits per heavy atom. The summed E-state index contributed by atoms with van der Waals surface area (Å²) in [5, 5.41) is 24.7. The predicted octanol–water partition coefficient (Wildman–Crippen LogP) is 7.94. The van der Waals surface area contributed by atoms with Gasteiger partial charge in [-0.25, -0.2) is 0 Å². The van der Waals surface area contributed by atoms with Gasteiger partial charge >= 0.3 is 0 Å². The summed E-state index contributed by atoms with van der Waals surface area (Å²) in [6.07, 6.45) is 2.38. The second kappa shape index (κ2) is 11.7. The van der Waals surface area contributed by atoms with Gasteiger partial charge in [0, 0.05) is 11.1 Å². The van der Waals surface area contributed by atoms with E-state index in [4.69, 9.17) is 34.8 Å². The van der Waals surface area contributed by atoms with Gasteiger partial charge in [-0.05, 0) is 86.2 Å². The van der Waals surface area contributed by atoms with E-state index in [9.17, 15) is 10.5 Å². The van der Waals surface area contributed by atoms with Crippen LogP contribution in [0.1, 0.15) is 48.6 Å². The van der Waals surface area contributed by atoms with Crippen LogP contribution in [0.2, 0.25) is 15.1 Å². The maximum atomic E-state index is 9.96. The summed E-state index contributed by atoms with van der Waals surface area (Å²) in [6.45, 7) is 3.83. The molecule has 34 heavy (non-hydrogen) atoms. The number of rotatable bonds is 9. The Labute approximate surface area is 216 Å². The standard InChI is InChI=1S/C28H26Cl3N3/c1-28(2,18-33)27(22-9-13-25(30)26(31)16-22)34-24(12-8-19-6-10-23(29)11-7-19)15-20-4-3-5-21(14-20)17-32/h3-7,9-11,13-14,16,24,27,34H,8,12,15H2,1-2H3/t24-,27?/m0/s1. The molecule has 0 bridgehead atoms. The topological polar surface area (TPSA) is 59.6 Å². The number of halogens is 3. The van der Waals surface area contributed by atoms with Crippen LogP contribution in [0.4, 0.5) is 0 Å². The highest BCUT2D eigenvalue weighted by atomic mass is 35.5. The summed E-state index contributed by atoms with van der Waals surface area (Å²) < 4.78 is 0. The Kier molecular flexibility index (Phi) is 9.01. The number of nitriles is 2. The average molecular weight is 511 g/mol. The molecule has 3 aromatic carbocycles. The number of aryl methyl sites for hydroxylation is 1. The molecule has 0 radical (unpaired) electrons. The van der Waals surface area contributed by atoms with Gasteiger partial charge in [0.1, 0.15) is 0 Å². The van der Waals surface area contributed by atoms with Gasteiger partial charge in [0.2, 0.25) is 0 Å². The van der Waals surface area contributed by atoms with Crippen LogP contribution in [0.15, 0.2) is 66.7 Å². The zero-order valence-corrected chi connectivity index (χ0v) is 21.4. The van der Waals surface area contributed by atoms with Gasteiger partial charge in [-0.1, -0.05) is 65.1 Å². The first kappa shape index (κ1) is 26.1. The van der Waals surface area contributed by atoms with Gasteiger partial charge in [-0.15, -0.1) is 0 Å². The average Bonchev–Trinajstić information content (AvgIpc) is 2.83. The molecular weight excluding hydrogens is 485 g/mol. The molecule has 2 atom stereocenters. The van der Waals surface area contributed by atoms with Crippen molar-refractivity contribution in [3.63, 3.8) is 0 Å². The highest BCUT2D eigenvalue weighted by molar-refractivity contribution is 6.42. The maximum Gasteiger partial charge on any atom is 0.0991 e. The first-order valence-electron chi connectivity index (χ1n) is 11.1.